The Bertz CT molecular complexity index is 1110. The van der Waals surface area contributed by atoms with Gasteiger partial charge in [-0.3, -0.25) is 9.11 Å². The summed E-state index contributed by atoms with van der Waals surface area (Å²) in [5.74, 6) is -2.31. The van der Waals surface area contributed by atoms with Gasteiger partial charge in [-0.05, 0) is 30.7 Å². The van der Waals surface area contributed by atoms with Gasteiger partial charge in [-0.25, -0.2) is 13.8 Å². The lowest BCUT2D eigenvalue weighted by Gasteiger charge is -2.32. The first-order valence-electron chi connectivity index (χ1n) is 9.87. The van der Waals surface area contributed by atoms with Gasteiger partial charge < -0.3 is 16.0 Å². The SMILES string of the molecule is Cc1ccc2nc(N3CCS(O)(O)c4ccccc4C3)nc(NCC(F)(F)CN)c2c1. The average molecular weight is 450 g/mol. The maximum absolute atomic E-state index is 13.8. The lowest BCUT2D eigenvalue weighted by molar-refractivity contribution is 0.0253. The van der Waals surface area contributed by atoms with Crippen LogP contribution in [-0.2, 0) is 6.54 Å². The molecule has 0 bridgehead atoms. The van der Waals surface area contributed by atoms with Crippen molar-refractivity contribution < 1.29 is 17.9 Å². The van der Waals surface area contributed by atoms with E-state index in [-0.39, 0.29) is 5.75 Å². The van der Waals surface area contributed by atoms with E-state index in [1.807, 2.05) is 42.2 Å². The van der Waals surface area contributed by atoms with E-state index in [9.17, 15) is 17.9 Å². The van der Waals surface area contributed by atoms with Crippen LogP contribution in [0.2, 0.25) is 0 Å². The highest BCUT2D eigenvalue weighted by Gasteiger charge is 2.29. The summed E-state index contributed by atoms with van der Waals surface area (Å²) in [5.41, 5.74) is 7.50. The standard InChI is InChI=1S/C21H25F2N5O2S/c1-14-6-7-17-16(10-14)19(25-13-21(22,23)12-24)27-20(26-17)28-8-9-31(29,30)18-5-3-2-4-15(18)11-28/h2-7,10,29-30H,8-9,11-13,24H2,1H3,(H,25,26,27). The summed E-state index contributed by atoms with van der Waals surface area (Å²) in [6.07, 6.45) is 0. The zero-order valence-corrected chi connectivity index (χ0v) is 17.9. The summed E-state index contributed by atoms with van der Waals surface area (Å²) in [6, 6.07) is 12.7. The van der Waals surface area contributed by atoms with Gasteiger partial charge in [0.25, 0.3) is 5.92 Å². The normalized spacial score (nSPS) is 17.2. The Labute approximate surface area is 180 Å². The monoisotopic (exact) mass is 449 g/mol. The molecule has 1 aromatic heterocycles. The fourth-order valence-corrected chi connectivity index (χ4v) is 5.09. The predicted molar refractivity (Wildman–Crippen MR) is 120 cm³/mol. The molecule has 1 aliphatic heterocycles. The molecule has 166 valence electrons. The molecule has 2 aromatic carbocycles. The molecule has 4 rings (SSSR count). The van der Waals surface area contributed by atoms with Gasteiger partial charge in [0.05, 0.1) is 29.3 Å². The summed E-state index contributed by atoms with van der Waals surface area (Å²) in [6.45, 7) is 1.18. The number of nitrogens with two attached hydrogens (primary N) is 1. The maximum atomic E-state index is 13.8. The van der Waals surface area contributed by atoms with E-state index in [0.717, 1.165) is 11.1 Å². The molecule has 0 spiro atoms. The fourth-order valence-electron chi connectivity index (χ4n) is 3.55. The Balaban J connectivity index is 1.75. The number of rotatable bonds is 5. The van der Waals surface area contributed by atoms with E-state index in [1.54, 1.807) is 12.1 Å². The number of nitrogens with one attached hydrogen (secondary N) is 1. The van der Waals surface area contributed by atoms with Gasteiger partial charge in [0.1, 0.15) is 5.82 Å². The first-order chi connectivity index (χ1) is 14.7. The number of fused-ring (bicyclic) bond motifs is 2. The van der Waals surface area contributed by atoms with Crippen molar-refractivity contribution in [1.29, 1.82) is 0 Å². The molecule has 0 amide bonds. The maximum Gasteiger partial charge on any atom is 0.276 e. The molecule has 3 aromatic rings. The number of aromatic nitrogens is 2. The highest BCUT2D eigenvalue weighted by molar-refractivity contribution is 8.24. The molecule has 2 heterocycles. The van der Waals surface area contributed by atoms with Crippen LogP contribution in [0.1, 0.15) is 11.1 Å². The Morgan fingerprint density at radius 3 is 2.74 bits per heavy atom. The quantitative estimate of drug-likeness (QED) is 0.465. The molecule has 0 atom stereocenters. The lowest BCUT2D eigenvalue weighted by atomic mass is 10.1. The minimum Gasteiger partial charge on any atom is -0.363 e. The van der Waals surface area contributed by atoms with Gasteiger partial charge in [0.2, 0.25) is 5.95 Å². The average Bonchev–Trinajstić information content (AvgIpc) is 2.88. The minimum absolute atomic E-state index is 0.132. The molecule has 31 heavy (non-hydrogen) atoms. The second-order valence-electron chi connectivity index (χ2n) is 7.71. The van der Waals surface area contributed by atoms with E-state index in [4.69, 9.17) is 5.73 Å². The summed E-state index contributed by atoms with van der Waals surface area (Å²) in [4.78, 5) is 11.5. The van der Waals surface area contributed by atoms with Crippen molar-refractivity contribution in [3.8, 4) is 0 Å². The molecule has 7 nitrogen and oxygen atoms in total. The highest BCUT2D eigenvalue weighted by atomic mass is 32.3. The Kier molecular flexibility index (Phi) is 5.73. The van der Waals surface area contributed by atoms with Gasteiger partial charge in [0.15, 0.2) is 0 Å². The molecule has 0 radical (unpaired) electrons. The number of hydrogen-bond acceptors (Lipinski definition) is 7. The van der Waals surface area contributed by atoms with Crippen LogP contribution in [0.3, 0.4) is 0 Å². The van der Waals surface area contributed by atoms with Crippen molar-refractivity contribution in [1.82, 2.24) is 9.97 Å². The number of anilines is 2. The molecule has 1 aliphatic rings. The first-order valence-corrected chi connectivity index (χ1v) is 11.6. The second kappa shape index (κ2) is 8.19. The first kappa shape index (κ1) is 21.7. The van der Waals surface area contributed by atoms with E-state index in [1.165, 1.54) is 0 Å². The van der Waals surface area contributed by atoms with Gasteiger partial charge in [-0.2, -0.15) is 15.6 Å². The Morgan fingerprint density at radius 2 is 1.97 bits per heavy atom. The minimum atomic E-state index is -3.07. The lowest BCUT2D eigenvalue weighted by Crippen LogP contribution is -2.35. The topological polar surface area (TPSA) is 108 Å². The van der Waals surface area contributed by atoms with E-state index in [2.05, 4.69) is 15.3 Å². The van der Waals surface area contributed by atoms with Crippen LogP contribution in [-0.4, -0.2) is 50.4 Å². The number of nitrogens with zero attached hydrogens (tertiary/aromatic N) is 3. The largest absolute Gasteiger partial charge is 0.363 e. The van der Waals surface area contributed by atoms with Crippen molar-refractivity contribution in [2.24, 2.45) is 5.73 Å². The second-order valence-corrected chi connectivity index (χ2v) is 9.89. The molecule has 0 saturated heterocycles. The number of hydrogen-bond donors (Lipinski definition) is 4. The van der Waals surface area contributed by atoms with Gasteiger partial charge in [0, 0.05) is 18.5 Å². The highest BCUT2D eigenvalue weighted by Crippen LogP contribution is 2.51. The van der Waals surface area contributed by atoms with Crippen molar-refractivity contribution in [2.75, 3.05) is 35.6 Å². The van der Waals surface area contributed by atoms with Gasteiger partial charge in [-0.15, -0.1) is 0 Å². The number of aryl methyl sites for hydroxylation is 1. The summed E-state index contributed by atoms with van der Waals surface area (Å²) in [5, 5.41) is 3.37. The molecular weight excluding hydrogens is 424 g/mol. The van der Waals surface area contributed by atoms with E-state index >= 15 is 0 Å². The smallest absolute Gasteiger partial charge is 0.276 e. The van der Waals surface area contributed by atoms with Crippen LogP contribution in [0.4, 0.5) is 20.5 Å². The van der Waals surface area contributed by atoms with Crippen LogP contribution < -0.4 is 16.0 Å². The van der Waals surface area contributed by atoms with Gasteiger partial charge >= 0.3 is 0 Å². The van der Waals surface area contributed by atoms with Crippen molar-refractivity contribution in [2.45, 2.75) is 24.3 Å². The molecule has 10 heteroatoms. The molecule has 0 fully saturated rings. The summed E-state index contributed by atoms with van der Waals surface area (Å²) < 4.78 is 48.8. The van der Waals surface area contributed by atoms with Crippen LogP contribution in [0.5, 0.6) is 0 Å². The molecule has 5 N–H and O–H groups in total. The van der Waals surface area contributed by atoms with Crippen molar-refractivity contribution in [3.63, 3.8) is 0 Å². The van der Waals surface area contributed by atoms with E-state index < -0.39 is 29.6 Å². The number of alkyl halides is 2. The van der Waals surface area contributed by atoms with E-state index in [0.29, 0.717) is 40.7 Å². The fraction of sp³-hybridized carbons (Fsp3) is 0.333. The predicted octanol–water partition coefficient (Wildman–Crippen LogP) is 4.07. The zero-order chi connectivity index (χ0) is 22.2. The molecular formula is C21H25F2N5O2S. The summed E-state index contributed by atoms with van der Waals surface area (Å²) in [7, 11) is -2.94. The van der Waals surface area contributed by atoms with Gasteiger partial charge in [-0.1, -0.05) is 29.8 Å². The number of halogens is 2. The Morgan fingerprint density at radius 1 is 1.19 bits per heavy atom. The van der Waals surface area contributed by atoms with Crippen LogP contribution in [0.25, 0.3) is 10.9 Å². The third-order valence-electron chi connectivity index (χ3n) is 5.27. The van der Waals surface area contributed by atoms with Crippen LogP contribution >= 0.6 is 10.6 Å². The van der Waals surface area contributed by atoms with Crippen LogP contribution in [0.15, 0.2) is 47.4 Å². The molecule has 0 saturated carbocycles. The summed E-state index contributed by atoms with van der Waals surface area (Å²) >= 11 is 0. The van der Waals surface area contributed by atoms with Crippen molar-refractivity contribution >= 4 is 33.3 Å². The molecule has 0 unspecified atom stereocenters. The van der Waals surface area contributed by atoms with Crippen LogP contribution in [0, 0.1) is 6.92 Å². The van der Waals surface area contributed by atoms with Crippen molar-refractivity contribution in [3.05, 3.63) is 53.6 Å². The third kappa shape index (κ3) is 4.57. The Hall–Kier alpha value is -2.53. The zero-order valence-electron chi connectivity index (χ0n) is 17.1. The molecule has 0 aliphatic carbocycles. The third-order valence-corrected chi connectivity index (χ3v) is 7.12. The number of benzene rings is 2.